The molecule has 21 heavy (non-hydrogen) atoms. The van der Waals surface area contributed by atoms with Gasteiger partial charge in [-0.25, -0.2) is 0 Å². The molecule has 3 N–H and O–H groups in total. The third kappa shape index (κ3) is 4.01. The second-order valence-corrected chi connectivity index (χ2v) is 6.66. The van der Waals surface area contributed by atoms with Gasteiger partial charge in [-0.05, 0) is 38.5 Å². The molecular formula is C17H30ClN3. The number of rotatable bonds is 2. The predicted molar refractivity (Wildman–Crippen MR) is 90.0 cm³/mol. The van der Waals surface area contributed by atoms with Gasteiger partial charge in [-0.2, -0.15) is 5.10 Å². The first kappa shape index (κ1) is 16.8. The Labute approximate surface area is 134 Å². The molecule has 3 rings (SSSR count). The molecule has 2 aliphatic carbocycles. The van der Waals surface area contributed by atoms with E-state index in [0.717, 1.165) is 36.4 Å². The van der Waals surface area contributed by atoms with Gasteiger partial charge in [0.25, 0.3) is 0 Å². The lowest BCUT2D eigenvalue weighted by molar-refractivity contribution is 0.390. The number of aromatic nitrogens is 2. The topological polar surface area (TPSA) is 54.7 Å². The first-order chi connectivity index (χ1) is 10.3. The fourth-order valence-electron chi connectivity index (χ4n) is 3.68. The van der Waals surface area contributed by atoms with Crippen LogP contribution in [0.3, 0.4) is 0 Å². The lowest BCUT2D eigenvalue weighted by Gasteiger charge is -2.25. The highest BCUT2D eigenvalue weighted by Crippen LogP contribution is 2.40. The monoisotopic (exact) mass is 311 g/mol. The quantitative estimate of drug-likeness (QED) is 0.796. The highest BCUT2D eigenvalue weighted by molar-refractivity contribution is 6.32. The molecular weight excluding hydrogens is 282 g/mol. The van der Waals surface area contributed by atoms with E-state index in [0.29, 0.717) is 17.9 Å². The van der Waals surface area contributed by atoms with Crippen LogP contribution < -0.4 is 5.73 Å². The van der Waals surface area contributed by atoms with Crippen LogP contribution in [0.25, 0.3) is 0 Å². The normalized spacial score (nSPS) is 27.0. The molecule has 1 aromatic heterocycles. The fraction of sp³-hybridized carbons (Fsp3) is 0.824. The summed E-state index contributed by atoms with van der Waals surface area (Å²) in [6.45, 7) is 4.00. The van der Waals surface area contributed by atoms with Crippen LogP contribution in [0.2, 0.25) is 5.02 Å². The van der Waals surface area contributed by atoms with Crippen LogP contribution in [0.4, 0.5) is 0 Å². The van der Waals surface area contributed by atoms with Crippen LogP contribution in [0.1, 0.15) is 94.9 Å². The van der Waals surface area contributed by atoms with Gasteiger partial charge >= 0.3 is 0 Å². The molecule has 2 saturated carbocycles. The molecule has 0 amide bonds. The summed E-state index contributed by atoms with van der Waals surface area (Å²) in [4.78, 5) is 0. The number of aromatic amines is 1. The van der Waals surface area contributed by atoms with Crippen molar-refractivity contribution in [3.63, 3.8) is 0 Å². The Bertz CT molecular complexity index is 416. The number of H-pyrrole nitrogens is 1. The maximum absolute atomic E-state index is 6.60. The SMILES string of the molecule is CC.NC1CCC(c2[nH]nc(C3CCCCC3)c2Cl)CC1. The standard InChI is InChI=1S/C15H24ClN3.C2H6/c16-13-14(10-4-2-1-3-5-10)18-19-15(13)11-6-8-12(17)9-7-11;1-2/h10-12H,1-9,17H2,(H,18,19);1-2H3. The van der Waals surface area contributed by atoms with Crippen LogP contribution in [0.5, 0.6) is 0 Å². The molecule has 0 radical (unpaired) electrons. The van der Waals surface area contributed by atoms with Crippen LogP contribution in [0.15, 0.2) is 0 Å². The molecule has 0 atom stereocenters. The summed E-state index contributed by atoms with van der Waals surface area (Å²) in [7, 11) is 0. The molecule has 120 valence electrons. The van der Waals surface area contributed by atoms with Crippen molar-refractivity contribution >= 4 is 11.6 Å². The first-order valence-corrected chi connectivity index (χ1v) is 9.12. The van der Waals surface area contributed by atoms with Crippen molar-refractivity contribution < 1.29 is 0 Å². The van der Waals surface area contributed by atoms with Crippen LogP contribution in [0, 0.1) is 0 Å². The molecule has 3 nitrogen and oxygen atoms in total. The minimum Gasteiger partial charge on any atom is -0.328 e. The number of nitrogens with one attached hydrogen (secondary N) is 1. The van der Waals surface area contributed by atoms with Gasteiger partial charge in [-0.1, -0.05) is 44.7 Å². The lowest BCUT2D eigenvalue weighted by Crippen LogP contribution is -2.25. The van der Waals surface area contributed by atoms with E-state index < -0.39 is 0 Å². The Kier molecular flexibility index (Phi) is 6.56. The summed E-state index contributed by atoms with van der Waals surface area (Å²) >= 11 is 6.60. The number of nitrogens with zero attached hydrogens (tertiary/aromatic N) is 1. The summed E-state index contributed by atoms with van der Waals surface area (Å²) in [6.07, 6.45) is 11.0. The van der Waals surface area contributed by atoms with Gasteiger partial charge in [-0.3, -0.25) is 5.10 Å². The third-order valence-electron chi connectivity index (χ3n) is 4.93. The smallest absolute Gasteiger partial charge is 0.0853 e. The van der Waals surface area contributed by atoms with Crippen molar-refractivity contribution in [3.05, 3.63) is 16.4 Å². The fourth-order valence-corrected chi connectivity index (χ4v) is 4.07. The Balaban J connectivity index is 0.000000774. The van der Waals surface area contributed by atoms with Crippen LogP contribution in [-0.2, 0) is 0 Å². The van der Waals surface area contributed by atoms with E-state index in [-0.39, 0.29) is 0 Å². The van der Waals surface area contributed by atoms with Gasteiger partial charge in [0.1, 0.15) is 0 Å². The number of nitrogens with two attached hydrogens (primary N) is 1. The summed E-state index contributed by atoms with van der Waals surface area (Å²) in [5, 5.41) is 8.70. The Morgan fingerprint density at radius 3 is 2.19 bits per heavy atom. The van der Waals surface area contributed by atoms with Gasteiger partial charge < -0.3 is 5.73 Å². The zero-order valence-corrected chi connectivity index (χ0v) is 14.3. The van der Waals surface area contributed by atoms with E-state index in [1.54, 1.807) is 0 Å². The van der Waals surface area contributed by atoms with Crippen molar-refractivity contribution in [1.29, 1.82) is 0 Å². The van der Waals surface area contributed by atoms with Crippen molar-refractivity contribution in [2.75, 3.05) is 0 Å². The highest BCUT2D eigenvalue weighted by Gasteiger charge is 2.28. The molecule has 0 spiro atoms. The molecule has 0 aliphatic heterocycles. The zero-order valence-electron chi connectivity index (χ0n) is 13.5. The average Bonchev–Trinajstić information content (AvgIpc) is 2.93. The van der Waals surface area contributed by atoms with E-state index in [1.807, 2.05) is 13.8 Å². The van der Waals surface area contributed by atoms with E-state index in [4.69, 9.17) is 17.3 Å². The van der Waals surface area contributed by atoms with Gasteiger partial charge in [-0.15, -0.1) is 0 Å². The second kappa shape index (κ2) is 8.19. The van der Waals surface area contributed by atoms with E-state index >= 15 is 0 Å². The van der Waals surface area contributed by atoms with Crippen molar-refractivity contribution in [2.24, 2.45) is 5.73 Å². The summed E-state index contributed by atoms with van der Waals surface area (Å²) < 4.78 is 0. The summed E-state index contributed by atoms with van der Waals surface area (Å²) in [5.41, 5.74) is 8.28. The third-order valence-corrected chi connectivity index (χ3v) is 5.33. The van der Waals surface area contributed by atoms with Crippen LogP contribution in [-0.4, -0.2) is 16.2 Å². The maximum atomic E-state index is 6.60. The van der Waals surface area contributed by atoms with Crippen LogP contribution >= 0.6 is 11.6 Å². The average molecular weight is 312 g/mol. The second-order valence-electron chi connectivity index (χ2n) is 6.28. The molecule has 1 aromatic rings. The summed E-state index contributed by atoms with van der Waals surface area (Å²) in [6, 6.07) is 0.385. The van der Waals surface area contributed by atoms with Gasteiger partial charge in [0.2, 0.25) is 0 Å². The number of halogens is 1. The molecule has 2 aliphatic rings. The molecule has 2 fully saturated rings. The van der Waals surface area contributed by atoms with Gasteiger partial charge in [0.05, 0.1) is 16.4 Å². The largest absolute Gasteiger partial charge is 0.328 e. The molecule has 0 bridgehead atoms. The molecule has 0 aromatic carbocycles. The number of hydrogen-bond donors (Lipinski definition) is 2. The van der Waals surface area contributed by atoms with E-state index in [1.165, 1.54) is 37.8 Å². The lowest BCUT2D eigenvalue weighted by atomic mass is 9.83. The zero-order chi connectivity index (χ0) is 15.2. The van der Waals surface area contributed by atoms with E-state index in [9.17, 15) is 0 Å². The highest BCUT2D eigenvalue weighted by atomic mass is 35.5. The number of hydrogen-bond acceptors (Lipinski definition) is 2. The maximum Gasteiger partial charge on any atom is 0.0853 e. The Morgan fingerprint density at radius 1 is 0.952 bits per heavy atom. The Morgan fingerprint density at radius 2 is 1.57 bits per heavy atom. The Hall–Kier alpha value is -0.540. The molecule has 0 unspecified atom stereocenters. The molecule has 1 heterocycles. The predicted octanol–water partition coefficient (Wildman–Crippen LogP) is 5.12. The van der Waals surface area contributed by atoms with E-state index in [2.05, 4.69) is 10.2 Å². The van der Waals surface area contributed by atoms with Crippen molar-refractivity contribution in [2.45, 2.75) is 89.5 Å². The molecule has 0 saturated heterocycles. The van der Waals surface area contributed by atoms with Gasteiger partial charge in [0.15, 0.2) is 0 Å². The summed E-state index contributed by atoms with van der Waals surface area (Å²) in [5.74, 6) is 1.12. The van der Waals surface area contributed by atoms with Crippen molar-refractivity contribution in [3.8, 4) is 0 Å². The minimum absolute atomic E-state index is 0.385. The van der Waals surface area contributed by atoms with Crippen molar-refractivity contribution in [1.82, 2.24) is 10.2 Å². The minimum atomic E-state index is 0.385. The first-order valence-electron chi connectivity index (χ1n) is 8.75. The van der Waals surface area contributed by atoms with Gasteiger partial charge in [0, 0.05) is 17.9 Å². The molecule has 4 heteroatoms.